The van der Waals surface area contributed by atoms with Crippen LogP contribution < -0.4 is 5.32 Å². The molecule has 128 valence electrons. The van der Waals surface area contributed by atoms with E-state index in [0.29, 0.717) is 26.2 Å². The number of amides is 1. The smallest absolute Gasteiger partial charge is 0.360 e. The third kappa shape index (κ3) is 4.49. The van der Waals surface area contributed by atoms with Gasteiger partial charge in [0.25, 0.3) is 5.91 Å². The maximum absolute atomic E-state index is 12.7. The van der Waals surface area contributed by atoms with Crippen molar-refractivity contribution in [3.63, 3.8) is 0 Å². The molecule has 0 atom stereocenters. The predicted molar refractivity (Wildman–Crippen MR) is 82.8 cm³/mol. The Morgan fingerprint density at radius 3 is 2.54 bits per heavy atom. The van der Waals surface area contributed by atoms with E-state index in [1.165, 1.54) is 12.1 Å². The number of halogens is 3. The lowest BCUT2D eigenvalue weighted by Crippen LogP contribution is -2.47. The van der Waals surface area contributed by atoms with Crippen LogP contribution in [0, 0.1) is 11.3 Å². The third-order valence-corrected chi connectivity index (χ3v) is 3.71. The van der Waals surface area contributed by atoms with Crippen LogP contribution in [0.25, 0.3) is 0 Å². The minimum absolute atomic E-state index is 0.142. The van der Waals surface area contributed by atoms with Gasteiger partial charge in [-0.2, -0.15) is 18.4 Å². The molecule has 24 heavy (non-hydrogen) atoms. The standard InChI is InChI=1S/C16H17F3N4O/c1-22-5-7-23(8-6-22)15(24)12(10-20)11-21-14-4-2-3-13(9-14)16(17,18)19/h2-4,9,11,21H,5-8H2,1H3/b12-11-. The summed E-state index contributed by atoms with van der Waals surface area (Å²) in [5.41, 5.74) is -0.787. The van der Waals surface area contributed by atoms with Crippen molar-refractivity contribution in [1.82, 2.24) is 9.80 Å². The van der Waals surface area contributed by atoms with Gasteiger partial charge >= 0.3 is 6.18 Å². The number of carbonyl (C=O) groups is 1. The molecule has 0 unspecified atom stereocenters. The van der Waals surface area contributed by atoms with Gasteiger partial charge in [-0.15, -0.1) is 0 Å². The van der Waals surface area contributed by atoms with Gasteiger partial charge in [0.1, 0.15) is 11.6 Å². The van der Waals surface area contributed by atoms with Crippen LogP contribution in [0.3, 0.4) is 0 Å². The van der Waals surface area contributed by atoms with Gasteiger partial charge in [0.15, 0.2) is 0 Å². The largest absolute Gasteiger partial charge is 0.416 e. The summed E-state index contributed by atoms with van der Waals surface area (Å²) in [6.45, 7) is 2.45. The van der Waals surface area contributed by atoms with Crippen LogP contribution in [0.1, 0.15) is 5.56 Å². The molecule has 1 aliphatic heterocycles. The number of hydrogen-bond donors (Lipinski definition) is 1. The first-order chi connectivity index (χ1) is 11.3. The Labute approximate surface area is 138 Å². The van der Waals surface area contributed by atoms with Gasteiger partial charge in [0.05, 0.1) is 5.56 Å². The van der Waals surface area contributed by atoms with Gasteiger partial charge in [0.2, 0.25) is 0 Å². The molecule has 2 rings (SSSR count). The number of anilines is 1. The molecule has 1 aromatic rings. The second kappa shape index (κ2) is 7.36. The number of carbonyl (C=O) groups excluding carboxylic acids is 1. The van der Waals surface area contributed by atoms with Gasteiger partial charge in [-0.05, 0) is 25.2 Å². The Hall–Kier alpha value is -2.53. The van der Waals surface area contributed by atoms with E-state index >= 15 is 0 Å². The predicted octanol–water partition coefficient (Wildman–Crippen LogP) is 2.30. The number of nitriles is 1. The summed E-state index contributed by atoms with van der Waals surface area (Å²) in [6.07, 6.45) is -3.30. The van der Waals surface area contributed by atoms with Crippen LogP contribution in [0.2, 0.25) is 0 Å². The average Bonchev–Trinajstić information content (AvgIpc) is 2.55. The summed E-state index contributed by atoms with van der Waals surface area (Å²) in [6, 6.07) is 6.36. The Balaban J connectivity index is 2.09. The van der Waals surface area contributed by atoms with E-state index in [-0.39, 0.29) is 11.3 Å². The highest BCUT2D eigenvalue weighted by Crippen LogP contribution is 2.30. The minimum atomic E-state index is -4.45. The highest BCUT2D eigenvalue weighted by Gasteiger charge is 2.30. The van der Waals surface area contributed by atoms with Crippen LogP contribution >= 0.6 is 0 Å². The molecule has 1 aliphatic rings. The Bertz CT molecular complexity index is 671. The Morgan fingerprint density at radius 1 is 1.29 bits per heavy atom. The molecule has 1 saturated heterocycles. The first kappa shape index (κ1) is 17.8. The molecule has 1 fully saturated rings. The summed E-state index contributed by atoms with van der Waals surface area (Å²) in [5.74, 6) is -0.426. The molecule has 1 amide bonds. The number of likely N-dealkylation sites (N-methyl/N-ethyl adjacent to an activating group) is 1. The lowest BCUT2D eigenvalue weighted by molar-refractivity contribution is -0.137. The van der Waals surface area contributed by atoms with E-state index in [0.717, 1.165) is 18.3 Å². The molecule has 0 aliphatic carbocycles. The summed E-state index contributed by atoms with van der Waals surface area (Å²) in [4.78, 5) is 15.9. The van der Waals surface area contributed by atoms with E-state index in [1.807, 2.05) is 7.05 Å². The number of hydrogen-bond acceptors (Lipinski definition) is 4. The average molecular weight is 338 g/mol. The fourth-order valence-electron chi connectivity index (χ4n) is 2.26. The van der Waals surface area contributed by atoms with Crippen LogP contribution in [-0.2, 0) is 11.0 Å². The second-order valence-electron chi connectivity index (χ2n) is 5.49. The number of nitrogens with one attached hydrogen (secondary N) is 1. The molecule has 0 aromatic heterocycles. The molecule has 8 heteroatoms. The van der Waals surface area contributed by atoms with Crippen LogP contribution in [0.4, 0.5) is 18.9 Å². The van der Waals surface area contributed by atoms with E-state index in [2.05, 4.69) is 10.2 Å². The highest BCUT2D eigenvalue weighted by molar-refractivity contribution is 5.97. The molecule has 0 spiro atoms. The van der Waals surface area contributed by atoms with Crippen molar-refractivity contribution in [1.29, 1.82) is 5.26 Å². The van der Waals surface area contributed by atoms with E-state index in [4.69, 9.17) is 5.26 Å². The zero-order valence-electron chi connectivity index (χ0n) is 13.1. The van der Waals surface area contributed by atoms with E-state index in [9.17, 15) is 18.0 Å². The fraction of sp³-hybridized carbons (Fsp3) is 0.375. The Morgan fingerprint density at radius 2 is 1.96 bits per heavy atom. The number of rotatable bonds is 3. The maximum Gasteiger partial charge on any atom is 0.416 e. The van der Waals surface area contributed by atoms with Gasteiger partial charge in [-0.1, -0.05) is 6.07 Å². The van der Waals surface area contributed by atoms with Crippen LogP contribution in [-0.4, -0.2) is 48.9 Å². The highest BCUT2D eigenvalue weighted by atomic mass is 19.4. The summed E-state index contributed by atoms with van der Waals surface area (Å²) in [7, 11) is 1.94. The van der Waals surface area contributed by atoms with Gasteiger partial charge in [-0.3, -0.25) is 4.79 Å². The zero-order chi connectivity index (χ0) is 17.7. The SMILES string of the molecule is CN1CCN(C(=O)/C(C#N)=C\Nc2cccc(C(F)(F)F)c2)CC1. The molecule has 1 heterocycles. The van der Waals surface area contributed by atoms with Crippen molar-refractivity contribution in [2.75, 3.05) is 38.5 Å². The molecule has 0 bridgehead atoms. The molecular weight excluding hydrogens is 321 g/mol. The zero-order valence-corrected chi connectivity index (χ0v) is 13.1. The fourth-order valence-corrected chi connectivity index (χ4v) is 2.26. The topological polar surface area (TPSA) is 59.4 Å². The van der Waals surface area contributed by atoms with Crippen molar-refractivity contribution >= 4 is 11.6 Å². The quantitative estimate of drug-likeness (QED) is 0.679. The molecule has 0 radical (unpaired) electrons. The van der Waals surface area contributed by atoms with Crippen LogP contribution in [0.5, 0.6) is 0 Å². The monoisotopic (exact) mass is 338 g/mol. The van der Waals surface area contributed by atoms with Crippen molar-refractivity contribution in [3.05, 3.63) is 41.6 Å². The van der Waals surface area contributed by atoms with Gasteiger partial charge in [-0.25, -0.2) is 0 Å². The second-order valence-corrected chi connectivity index (χ2v) is 5.49. The third-order valence-electron chi connectivity index (χ3n) is 3.71. The molecular formula is C16H17F3N4O. The molecule has 5 nitrogen and oxygen atoms in total. The molecule has 1 aromatic carbocycles. The van der Waals surface area contributed by atoms with Crippen molar-refractivity contribution in [3.8, 4) is 6.07 Å². The summed E-state index contributed by atoms with van der Waals surface area (Å²) < 4.78 is 38.0. The van der Waals surface area contributed by atoms with Crippen molar-refractivity contribution < 1.29 is 18.0 Å². The number of benzene rings is 1. The summed E-state index contributed by atoms with van der Waals surface area (Å²) >= 11 is 0. The summed E-state index contributed by atoms with van der Waals surface area (Å²) in [5, 5.41) is 11.7. The number of nitrogens with zero attached hydrogens (tertiary/aromatic N) is 3. The van der Waals surface area contributed by atoms with Crippen LogP contribution in [0.15, 0.2) is 36.0 Å². The Kier molecular flexibility index (Phi) is 5.46. The maximum atomic E-state index is 12.7. The first-order valence-corrected chi connectivity index (χ1v) is 7.33. The van der Waals surface area contributed by atoms with E-state index < -0.39 is 17.6 Å². The molecule has 1 N–H and O–H groups in total. The van der Waals surface area contributed by atoms with Crippen molar-refractivity contribution in [2.45, 2.75) is 6.18 Å². The lowest BCUT2D eigenvalue weighted by atomic mass is 10.2. The first-order valence-electron chi connectivity index (χ1n) is 7.33. The van der Waals surface area contributed by atoms with E-state index in [1.54, 1.807) is 11.0 Å². The molecule has 0 saturated carbocycles. The number of piperazine rings is 1. The normalized spacial score (nSPS) is 16.6. The number of alkyl halides is 3. The van der Waals surface area contributed by atoms with Gasteiger partial charge < -0.3 is 15.1 Å². The van der Waals surface area contributed by atoms with Crippen molar-refractivity contribution in [2.24, 2.45) is 0 Å². The van der Waals surface area contributed by atoms with Gasteiger partial charge in [0, 0.05) is 38.1 Å². The minimum Gasteiger partial charge on any atom is -0.360 e. The lowest BCUT2D eigenvalue weighted by Gasteiger charge is -2.32.